The first-order valence-electron chi connectivity index (χ1n) is 8.30. The Labute approximate surface area is 180 Å². The first-order chi connectivity index (χ1) is 13.3. The summed E-state index contributed by atoms with van der Waals surface area (Å²) in [5.74, 6) is -0.307. The van der Waals surface area contributed by atoms with Gasteiger partial charge in [0.15, 0.2) is 0 Å². The highest BCUT2D eigenvalue weighted by molar-refractivity contribution is 9.10. The minimum Gasteiger partial charge on any atom is -0.448 e. The van der Waals surface area contributed by atoms with Gasteiger partial charge in [-0.1, -0.05) is 39.1 Å². The van der Waals surface area contributed by atoms with Crippen LogP contribution in [0.15, 0.2) is 52.0 Å². The van der Waals surface area contributed by atoms with Gasteiger partial charge >= 0.3 is 0 Å². The van der Waals surface area contributed by atoms with Crippen molar-refractivity contribution in [2.24, 2.45) is 5.10 Å². The topological polar surface area (TPSA) is 62.2 Å². The largest absolute Gasteiger partial charge is 0.448 e. The molecule has 1 aliphatic rings. The molecule has 0 unspecified atom stereocenters. The molecule has 0 bridgehead atoms. The molecule has 1 aliphatic heterocycles. The first kappa shape index (κ1) is 20.6. The number of rotatable bonds is 4. The molecule has 1 atom stereocenters. The maximum absolute atomic E-state index is 12.2. The Morgan fingerprint density at radius 1 is 1.18 bits per heavy atom. The molecule has 9 heteroatoms. The number of benzene rings is 2. The van der Waals surface area contributed by atoms with Gasteiger partial charge < -0.3 is 9.64 Å². The average Bonchev–Trinajstić information content (AvgIpc) is 3.04. The second-order valence-electron chi connectivity index (χ2n) is 6.07. The summed E-state index contributed by atoms with van der Waals surface area (Å²) in [7, 11) is 0. The molecule has 2 aromatic carbocycles. The number of halogens is 3. The minimum atomic E-state index is -0.785. The van der Waals surface area contributed by atoms with E-state index in [1.165, 1.54) is 23.8 Å². The molecule has 2 aromatic rings. The zero-order chi connectivity index (χ0) is 20.4. The third kappa shape index (κ3) is 4.48. The van der Waals surface area contributed by atoms with E-state index in [2.05, 4.69) is 21.0 Å². The molecule has 6 nitrogen and oxygen atoms in total. The van der Waals surface area contributed by atoms with Crippen LogP contribution in [0.4, 0.5) is 5.69 Å². The van der Waals surface area contributed by atoms with Gasteiger partial charge in [-0.3, -0.25) is 9.59 Å². The van der Waals surface area contributed by atoms with Crippen LogP contribution < -0.4 is 4.90 Å². The number of hydrazone groups is 1. The number of carbonyl (C=O) groups excluding carboxylic acids is 2. The number of nitrogens with zero attached hydrogens (tertiary/aromatic N) is 3. The van der Waals surface area contributed by atoms with E-state index in [4.69, 9.17) is 27.9 Å². The molecule has 0 spiro atoms. The summed E-state index contributed by atoms with van der Waals surface area (Å²) in [6, 6.07) is 12.2. The molecular formula is C19H16BrCl2N3O3. The lowest BCUT2D eigenvalue weighted by Crippen LogP contribution is -2.44. The number of carbonyl (C=O) groups is 2. The quantitative estimate of drug-likeness (QED) is 0.633. The Morgan fingerprint density at radius 3 is 2.43 bits per heavy atom. The van der Waals surface area contributed by atoms with Crippen LogP contribution in [0, 0.1) is 0 Å². The molecular weight excluding hydrogens is 469 g/mol. The normalized spacial score (nSPS) is 15.8. The zero-order valence-electron chi connectivity index (χ0n) is 15.0. The summed E-state index contributed by atoms with van der Waals surface area (Å²) in [6.07, 6.45) is -0.785. The summed E-state index contributed by atoms with van der Waals surface area (Å²) in [4.78, 5) is 25.8. The third-order valence-corrected chi connectivity index (χ3v) is 5.14. The summed E-state index contributed by atoms with van der Waals surface area (Å²) in [5.41, 5.74) is 1.19. The van der Waals surface area contributed by atoms with Crippen LogP contribution in [-0.2, 0) is 14.3 Å². The molecule has 0 N–H and O–H groups in total. The Kier molecular flexibility index (Phi) is 6.27. The average molecular weight is 485 g/mol. The molecule has 1 heterocycles. The van der Waals surface area contributed by atoms with Gasteiger partial charge in [0.05, 0.1) is 17.1 Å². The van der Waals surface area contributed by atoms with Crippen molar-refractivity contribution < 1.29 is 14.3 Å². The second-order valence-corrected chi connectivity index (χ2v) is 7.83. The Hall–Kier alpha value is -2.09. The highest BCUT2D eigenvalue weighted by atomic mass is 79.9. The van der Waals surface area contributed by atoms with Crippen molar-refractivity contribution >= 4 is 62.5 Å². The molecule has 3 rings (SSSR count). The number of ether oxygens (including phenoxy) is 1. The zero-order valence-corrected chi connectivity index (χ0v) is 18.1. The predicted molar refractivity (Wildman–Crippen MR) is 113 cm³/mol. The van der Waals surface area contributed by atoms with E-state index in [1.807, 2.05) is 12.1 Å². The first-order valence-corrected chi connectivity index (χ1v) is 9.85. The van der Waals surface area contributed by atoms with Crippen molar-refractivity contribution in [2.75, 3.05) is 11.4 Å². The molecule has 0 aliphatic carbocycles. The molecule has 0 aromatic heterocycles. The van der Waals surface area contributed by atoms with Crippen LogP contribution in [0.25, 0.3) is 0 Å². The molecule has 0 saturated heterocycles. The van der Waals surface area contributed by atoms with Crippen LogP contribution >= 0.6 is 39.1 Å². The van der Waals surface area contributed by atoms with Gasteiger partial charge in [-0.2, -0.15) is 5.01 Å². The van der Waals surface area contributed by atoms with E-state index in [1.54, 1.807) is 30.3 Å². The third-order valence-electron chi connectivity index (χ3n) is 4.06. The fraction of sp³-hybridized carbons (Fsp3) is 0.211. The van der Waals surface area contributed by atoms with E-state index in [-0.39, 0.29) is 24.3 Å². The fourth-order valence-electron chi connectivity index (χ4n) is 2.73. The van der Waals surface area contributed by atoms with Crippen molar-refractivity contribution in [3.05, 3.63) is 62.5 Å². The molecule has 0 fully saturated rings. The van der Waals surface area contributed by atoms with Crippen LogP contribution in [0.1, 0.15) is 19.4 Å². The van der Waals surface area contributed by atoms with Gasteiger partial charge in [0.1, 0.15) is 0 Å². The number of anilines is 1. The molecule has 0 radical (unpaired) electrons. The van der Waals surface area contributed by atoms with E-state index in [0.29, 0.717) is 21.3 Å². The molecule has 2 amide bonds. The van der Waals surface area contributed by atoms with Crippen LogP contribution in [0.2, 0.25) is 10.0 Å². The summed E-state index contributed by atoms with van der Waals surface area (Å²) < 4.78 is 6.79. The van der Waals surface area contributed by atoms with Crippen LogP contribution in [0.3, 0.4) is 0 Å². The second kappa shape index (κ2) is 8.51. The lowest BCUT2D eigenvalue weighted by Gasteiger charge is -2.27. The monoisotopic (exact) mass is 483 g/mol. The smallest absolute Gasteiger partial charge is 0.243 e. The van der Waals surface area contributed by atoms with Crippen molar-refractivity contribution in [3.8, 4) is 0 Å². The maximum atomic E-state index is 12.2. The number of hydrogen-bond acceptors (Lipinski definition) is 4. The number of hydrogen-bond donors (Lipinski definition) is 0. The van der Waals surface area contributed by atoms with Gasteiger partial charge in [-0.25, -0.2) is 0 Å². The summed E-state index contributed by atoms with van der Waals surface area (Å²) in [5, 5.41) is 6.29. The highest BCUT2D eigenvalue weighted by Crippen LogP contribution is 2.27. The predicted octanol–water partition coefficient (Wildman–Crippen LogP) is 4.68. The SMILES string of the molecule is CC(=O)N(C[C@H]1OC(c2ccc(Cl)cc2Cl)=NN1C(C)=O)c1ccc(Br)cc1. The van der Waals surface area contributed by atoms with Gasteiger partial charge in [0, 0.05) is 29.0 Å². The van der Waals surface area contributed by atoms with Gasteiger partial charge in [-0.15, -0.1) is 5.10 Å². The minimum absolute atomic E-state index is 0.106. The van der Waals surface area contributed by atoms with Gasteiger partial charge in [-0.05, 0) is 42.5 Å². The van der Waals surface area contributed by atoms with Crippen molar-refractivity contribution in [2.45, 2.75) is 20.1 Å². The Bertz CT molecular complexity index is 950. The van der Waals surface area contributed by atoms with Crippen molar-refractivity contribution in [1.82, 2.24) is 5.01 Å². The van der Waals surface area contributed by atoms with E-state index in [0.717, 1.165) is 4.47 Å². The van der Waals surface area contributed by atoms with E-state index in [9.17, 15) is 9.59 Å². The lowest BCUT2D eigenvalue weighted by molar-refractivity contribution is -0.135. The molecule has 28 heavy (non-hydrogen) atoms. The lowest BCUT2D eigenvalue weighted by atomic mass is 10.2. The highest BCUT2D eigenvalue weighted by Gasteiger charge is 2.34. The van der Waals surface area contributed by atoms with Gasteiger partial charge in [0.25, 0.3) is 0 Å². The Balaban J connectivity index is 1.87. The van der Waals surface area contributed by atoms with Crippen molar-refractivity contribution in [3.63, 3.8) is 0 Å². The van der Waals surface area contributed by atoms with Crippen LogP contribution in [0.5, 0.6) is 0 Å². The maximum Gasteiger partial charge on any atom is 0.243 e. The molecule has 146 valence electrons. The summed E-state index contributed by atoms with van der Waals surface area (Å²) >= 11 is 15.5. The van der Waals surface area contributed by atoms with E-state index >= 15 is 0 Å². The van der Waals surface area contributed by atoms with Crippen molar-refractivity contribution in [1.29, 1.82) is 0 Å². The van der Waals surface area contributed by atoms with Crippen LogP contribution in [-0.4, -0.2) is 35.5 Å². The summed E-state index contributed by atoms with van der Waals surface area (Å²) in [6.45, 7) is 2.94. The standard InChI is InChI=1S/C19H16BrCl2N3O3/c1-11(26)24(15-6-3-13(20)4-7-15)10-18-25(12(2)27)23-19(28-18)16-8-5-14(21)9-17(16)22/h3-9,18H,10H2,1-2H3/t18-/m1/s1. The van der Waals surface area contributed by atoms with E-state index < -0.39 is 6.23 Å². The molecule has 0 saturated carbocycles. The fourth-order valence-corrected chi connectivity index (χ4v) is 3.48. The Morgan fingerprint density at radius 2 is 1.86 bits per heavy atom. The van der Waals surface area contributed by atoms with Gasteiger partial charge in [0.2, 0.25) is 23.9 Å². The number of amides is 2.